The zero-order chi connectivity index (χ0) is 9.26. The largest absolute Gasteiger partial charge is 0.369 e. The Kier molecular flexibility index (Phi) is 2.56. The van der Waals surface area contributed by atoms with Crippen molar-refractivity contribution in [3.8, 4) is 0 Å². The van der Waals surface area contributed by atoms with Gasteiger partial charge in [-0.15, -0.1) is 0 Å². The van der Waals surface area contributed by atoms with Crippen LogP contribution in [-0.4, -0.2) is 17.9 Å². The zero-order valence-corrected chi connectivity index (χ0v) is 8.71. The lowest BCUT2D eigenvalue weighted by Gasteiger charge is -2.23. The fourth-order valence-electron chi connectivity index (χ4n) is 2.38. The molecule has 0 radical (unpaired) electrons. The third-order valence-corrected chi connectivity index (χ3v) is 3.00. The van der Waals surface area contributed by atoms with Crippen LogP contribution in [0.5, 0.6) is 0 Å². The van der Waals surface area contributed by atoms with Gasteiger partial charge in [0.05, 0.1) is 11.9 Å². The number of hydrogen-bond acceptors (Lipinski definition) is 2. The van der Waals surface area contributed by atoms with Crippen LogP contribution in [0.1, 0.15) is 46.0 Å². The summed E-state index contributed by atoms with van der Waals surface area (Å²) in [5.74, 6) is 2.00. The van der Waals surface area contributed by atoms with Gasteiger partial charge in [0, 0.05) is 12.5 Å². The Morgan fingerprint density at radius 2 is 2.15 bits per heavy atom. The van der Waals surface area contributed by atoms with E-state index in [0.717, 1.165) is 12.3 Å². The summed E-state index contributed by atoms with van der Waals surface area (Å²) >= 11 is 0. The fourth-order valence-corrected chi connectivity index (χ4v) is 2.38. The van der Waals surface area contributed by atoms with Gasteiger partial charge in [0.25, 0.3) is 0 Å². The van der Waals surface area contributed by atoms with Gasteiger partial charge in [0.15, 0.2) is 0 Å². The Hall–Kier alpha value is -0.530. The lowest BCUT2D eigenvalue weighted by molar-refractivity contribution is 0.384. The predicted molar refractivity (Wildman–Crippen MR) is 56.1 cm³/mol. The van der Waals surface area contributed by atoms with E-state index in [-0.39, 0.29) is 0 Å². The monoisotopic (exact) mass is 180 g/mol. The van der Waals surface area contributed by atoms with Crippen LogP contribution in [-0.2, 0) is 0 Å². The van der Waals surface area contributed by atoms with Crippen molar-refractivity contribution < 1.29 is 0 Å². The first kappa shape index (κ1) is 9.04. The van der Waals surface area contributed by atoms with Crippen molar-refractivity contribution in [2.24, 2.45) is 10.9 Å². The van der Waals surface area contributed by atoms with Crippen LogP contribution < -0.4 is 5.32 Å². The smallest absolute Gasteiger partial charge is 0.0972 e. The molecule has 74 valence electrons. The molecule has 0 aromatic heterocycles. The molecule has 1 aliphatic carbocycles. The van der Waals surface area contributed by atoms with Crippen LogP contribution in [0.3, 0.4) is 0 Å². The maximum absolute atomic E-state index is 4.76. The molecule has 0 saturated heterocycles. The molecule has 2 nitrogen and oxygen atoms in total. The van der Waals surface area contributed by atoms with Crippen molar-refractivity contribution in [1.82, 2.24) is 5.32 Å². The number of amidine groups is 1. The maximum Gasteiger partial charge on any atom is 0.0972 e. The van der Waals surface area contributed by atoms with E-state index in [0.29, 0.717) is 12.1 Å². The van der Waals surface area contributed by atoms with Gasteiger partial charge in [0.1, 0.15) is 0 Å². The van der Waals surface area contributed by atoms with Gasteiger partial charge >= 0.3 is 0 Å². The Labute approximate surface area is 80.8 Å². The van der Waals surface area contributed by atoms with Crippen molar-refractivity contribution in [2.45, 2.75) is 58.0 Å². The van der Waals surface area contributed by atoms with E-state index in [2.05, 4.69) is 19.2 Å². The molecule has 1 heterocycles. The average Bonchev–Trinajstić information content (AvgIpc) is 2.44. The molecule has 1 aliphatic heterocycles. The van der Waals surface area contributed by atoms with E-state index in [4.69, 9.17) is 4.99 Å². The molecular weight excluding hydrogens is 160 g/mol. The third kappa shape index (κ3) is 2.04. The van der Waals surface area contributed by atoms with Crippen molar-refractivity contribution >= 4 is 5.84 Å². The number of hydrogen-bond donors (Lipinski definition) is 1. The van der Waals surface area contributed by atoms with E-state index in [1.54, 1.807) is 0 Å². The molecule has 0 amide bonds. The van der Waals surface area contributed by atoms with Gasteiger partial charge in [-0.25, -0.2) is 0 Å². The zero-order valence-electron chi connectivity index (χ0n) is 8.71. The topological polar surface area (TPSA) is 24.4 Å². The molecule has 2 heteroatoms. The van der Waals surface area contributed by atoms with Crippen molar-refractivity contribution in [1.29, 1.82) is 0 Å². The summed E-state index contributed by atoms with van der Waals surface area (Å²) in [4.78, 5) is 4.76. The minimum Gasteiger partial charge on any atom is -0.369 e. The summed E-state index contributed by atoms with van der Waals surface area (Å²) in [7, 11) is 0. The van der Waals surface area contributed by atoms with Crippen molar-refractivity contribution in [3.05, 3.63) is 0 Å². The second-order valence-corrected chi connectivity index (χ2v) is 4.78. The molecule has 0 spiro atoms. The highest BCUT2D eigenvalue weighted by atomic mass is 15.1. The Bertz CT molecular complexity index is 208. The van der Waals surface area contributed by atoms with Crippen LogP contribution >= 0.6 is 0 Å². The van der Waals surface area contributed by atoms with Crippen molar-refractivity contribution in [3.63, 3.8) is 0 Å². The standard InChI is InChI=1S/C11H20N2/c1-8(2)7-11-12-9-5-3-4-6-10(9)13-11/h8-10H,3-7H2,1-2H3,(H,12,13). The highest BCUT2D eigenvalue weighted by Crippen LogP contribution is 2.25. The van der Waals surface area contributed by atoms with Gasteiger partial charge in [-0.05, 0) is 18.8 Å². The van der Waals surface area contributed by atoms with Crippen LogP contribution in [0.25, 0.3) is 0 Å². The Morgan fingerprint density at radius 3 is 2.85 bits per heavy atom. The number of fused-ring (bicyclic) bond motifs is 1. The number of aliphatic imine (C=N–C) groups is 1. The molecule has 1 saturated carbocycles. The Balaban J connectivity index is 1.93. The first-order chi connectivity index (χ1) is 6.25. The predicted octanol–water partition coefficient (Wildman–Crippen LogP) is 2.35. The van der Waals surface area contributed by atoms with Gasteiger partial charge in [-0.1, -0.05) is 26.7 Å². The maximum atomic E-state index is 4.76. The van der Waals surface area contributed by atoms with Crippen molar-refractivity contribution in [2.75, 3.05) is 0 Å². The normalized spacial score (nSPS) is 32.7. The molecule has 0 aromatic carbocycles. The minimum atomic E-state index is 0.613. The third-order valence-electron chi connectivity index (χ3n) is 3.00. The first-order valence-corrected chi connectivity index (χ1v) is 5.59. The second-order valence-electron chi connectivity index (χ2n) is 4.78. The SMILES string of the molecule is CC(C)CC1=NC2CCCCC2N1. The van der Waals surface area contributed by atoms with Gasteiger partial charge in [-0.2, -0.15) is 0 Å². The van der Waals surface area contributed by atoms with Gasteiger partial charge < -0.3 is 5.32 Å². The average molecular weight is 180 g/mol. The summed E-state index contributed by atoms with van der Waals surface area (Å²) in [6.45, 7) is 4.51. The molecule has 1 N–H and O–H groups in total. The van der Waals surface area contributed by atoms with E-state index >= 15 is 0 Å². The summed E-state index contributed by atoms with van der Waals surface area (Å²) < 4.78 is 0. The van der Waals surface area contributed by atoms with Crippen LogP contribution in [0.15, 0.2) is 4.99 Å². The molecule has 2 unspecified atom stereocenters. The lowest BCUT2D eigenvalue weighted by Crippen LogP contribution is -2.37. The molecular formula is C11H20N2. The quantitative estimate of drug-likeness (QED) is 0.693. The molecule has 0 bridgehead atoms. The number of nitrogens with zero attached hydrogens (tertiary/aromatic N) is 1. The molecule has 2 atom stereocenters. The van der Waals surface area contributed by atoms with Gasteiger partial charge in [-0.3, -0.25) is 4.99 Å². The highest BCUT2D eigenvalue weighted by molar-refractivity contribution is 5.84. The van der Waals surface area contributed by atoms with E-state index in [1.807, 2.05) is 0 Å². The lowest BCUT2D eigenvalue weighted by atomic mass is 9.92. The molecule has 1 fully saturated rings. The summed E-state index contributed by atoms with van der Waals surface area (Å²) in [5, 5.41) is 3.57. The second kappa shape index (κ2) is 3.69. The highest BCUT2D eigenvalue weighted by Gasteiger charge is 2.30. The fraction of sp³-hybridized carbons (Fsp3) is 0.909. The summed E-state index contributed by atoms with van der Waals surface area (Å²) in [5.41, 5.74) is 0. The van der Waals surface area contributed by atoms with E-state index in [9.17, 15) is 0 Å². The molecule has 2 rings (SSSR count). The summed E-state index contributed by atoms with van der Waals surface area (Å²) in [6.07, 6.45) is 6.53. The van der Waals surface area contributed by atoms with Gasteiger partial charge in [0.2, 0.25) is 0 Å². The first-order valence-electron chi connectivity index (χ1n) is 5.59. The Morgan fingerprint density at radius 1 is 1.38 bits per heavy atom. The minimum absolute atomic E-state index is 0.613. The van der Waals surface area contributed by atoms with E-state index < -0.39 is 0 Å². The van der Waals surface area contributed by atoms with Crippen LogP contribution in [0, 0.1) is 5.92 Å². The van der Waals surface area contributed by atoms with E-state index in [1.165, 1.54) is 31.5 Å². The molecule has 0 aromatic rings. The number of nitrogens with one attached hydrogen (secondary N) is 1. The summed E-state index contributed by atoms with van der Waals surface area (Å²) in [6, 6.07) is 1.30. The molecule has 2 aliphatic rings. The number of rotatable bonds is 2. The van der Waals surface area contributed by atoms with Crippen LogP contribution in [0.2, 0.25) is 0 Å². The molecule has 13 heavy (non-hydrogen) atoms. The van der Waals surface area contributed by atoms with Crippen LogP contribution in [0.4, 0.5) is 0 Å².